The van der Waals surface area contributed by atoms with Gasteiger partial charge in [0.2, 0.25) is 11.8 Å². The highest BCUT2D eigenvalue weighted by Gasteiger charge is 2.38. The molecule has 2 atom stereocenters. The van der Waals surface area contributed by atoms with Crippen molar-refractivity contribution in [2.45, 2.75) is 18.4 Å². The smallest absolute Gasteiger partial charge is 0.245 e. The van der Waals surface area contributed by atoms with E-state index in [1.54, 1.807) is 9.80 Å². The van der Waals surface area contributed by atoms with Crippen LogP contribution in [-0.2, 0) is 9.59 Å². The first-order valence-electron chi connectivity index (χ1n) is 8.99. The molecule has 3 rings (SSSR count). The van der Waals surface area contributed by atoms with Crippen molar-refractivity contribution in [1.82, 2.24) is 9.80 Å². The second-order valence-electron chi connectivity index (χ2n) is 6.64. The number of benzene rings is 2. The molecule has 0 aromatic heterocycles. The summed E-state index contributed by atoms with van der Waals surface area (Å²) in [6, 6.07) is 19.3. The standard InChI is InChI=1S/C21H25N2O2P/c1-22-13-14-23(18(12-15-26)20(22)24)21(25)19(16-8-4-2-5-9-16)17-10-6-3-7-11-17/h2-11,18-19H,12-15,26H2,1H3. The molecule has 5 heteroatoms. The number of carbonyl (C=O) groups excluding carboxylic acids is 2. The van der Waals surface area contributed by atoms with Crippen LogP contribution in [0.1, 0.15) is 23.5 Å². The van der Waals surface area contributed by atoms with Gasteiger partial charge in [0.05, 0.1) is 5.92 Å². The van der Waals surface area contributed by atoms with E-state index in [-0.39, 0.29) is 23.8 Å². The van der Waals surface area contributed by atoms with Crippen molar-refractivity contribution in [3.8, 4) is 0 Å². The SMILES string of the molecule is CN1CCN(C(=O)C(c2ccccc2)c2ccccc2)C(CCP)C1=O. The van der Waals surface area contributed by atoms with Gasteiger partial charge >= 0.3 is 0 Å². The zero-order chi connectivity index (χ0) is 18.5. The lowest BCUT2D eigenvalue weighted by Crippen LogP contribution is -2.58. The number of hydrogen-bond donors (Lipinski definition) is 0. The lowest BCUT2D eigenvalue weighted by Gasteiger charge is -2.40. The van der Waals surface area contributed by atoms with Gasteiger partial charge in [-0.15, -0.1) is 9.24 Å². The van der Waals surface area contributed by atoms with Crippen LogP contribution in [0.25, 0.3) is 0 Å². The van der Waals surface area contributed by atoms with Crippen LogP contribution in [0.15, 0.2) is 60.7 Å². The largest absolute Gasteiger partial charge is 0.342 e. The fraction of sp³-hybridized carbons (Fsp3) is 0.333. The maximum absolute atomic E-state index is 13.6. The second-order valence-corrected chi connectivity index (χ2v) is 7.22. The Morgan fingerprint density at radius 1 is 1.04 bits per heavy atom. The summed E-state index contributed by atoms with van der Waals surface area (Å²) in [5.41, 5.74) is 1.92. The Kier molecular flexibility index (Phi) is 6.05. The van der Waals surface area contributed by atoms with E-state index in [2.05, 4.69) is 9.24 Å². The van der Waals surface area contributed by atoms with Crippen LogP contribution in [0.3, 0.4) is 0 Å². The minimum atomic E-state index is -0.388. The molecule has 136 valence electrons. The highest BCUT2D eigenvalue weighted by atomic mass is 31.0. The summed E-state index contributed by atoms with van der Waals surface area (Å²) < 4.78 is 0. The van der Waals surface area contributed by atoms with E-state index in [1.165, 1.54) is 0 Å². The van der Waals surface area contributed by atoms with Crippen LogP contribution in [0, 0.1) is 0 Å². The van der Waals surface area contributed by atoms with Gasteiger partial charge in [-0.1, -0.05) is 60.7 Å². The van der Waals surface area contributed by atoms with Gasteiger partial charge in [-0.25, -0.2) is 0 Å². The molecular formula is C21H25N2O2P. The molecule has 0 N–H and O–H groups in total. The van der Waals surface area contributed by atoms with Crippen LogP contribution in [-0.4, -0.2) is 54.0 Å². The van der Waals surface area contributed by atoms with Crippen LogP contribution in [0.4, 0.5) is 0 Å². The maximum atomic E-state index is 13.6. The van der Waals surface area contributed by atoms with Crippen molar-refractivity contribution in [3.05, 3.63) is 71.8 Å². The maximum Gasteiger partial charge on any atom is 0.245 e. The number of amides is 2. The fourth-order valence-electron chi connectivity index (χ4n) is 3.55. The summed E-state index contributed by atoms with van der Waals surface area (Å²) in [4.78, 5) is 29.8. The minimum absolute atomic E-state index is 0.00676. The van der Waals surface area contributed by atoms with Gasteiger partial charge in [0.25, 0.3) is 0 Å². The highest BCUT2D eigenvalue weighted by molar-refractivity contribution is 7.16. The summed E-state index contributed by atoms with van der Waals surface area (Å²) in [5, 5.41) is 0. The first-order chi connectivity index (χ1) is 12.6. The molecule has 0 aliphatic carbocycles. The third kappa shape index (κ3) is 3.81. The zero-order valence-corrected chi connectivity index (χ0v) is 16.2. The molecule has 0 spiro atoms. The molecule has 1 saturated heterocycles. The third-order valence-corrected chi connectivity index (χ3v) is 5.28. The predicted molar refractivity (Wildman–Crippen MR) is 107 cm³/mol. The number of carbonyl (C=O) groups is 2. The molecule has 1 aliphatic heterocycles. The van der Waals surface area contributed by atoms with Crippen molar-refractivity contribution in [1.29, 1.82) is 0 Å². The zero-order valence-electron chi connectivity index (χ0n) is 15.0. The predicted octanol–water partition coefficient (Wildman–Crippen LogP) is 2.75. The van der Waals surface area contributed by atoms with Crippen molar-refractivity contribution >= 4 is 21.1 Å². The summed E-state index contributed by atoms with van der Waals surface area (Å²) in [6.07, 6.45) is 1.45. The van der Waals surface area contributed by atoms with E-state index >= 15 is 0 Å². The van der Waals surface area contributed by atoms with Gasteiger partial charge in [-0.2, -0.15) is 0 Å². The van der Waals surface area contributed by atoms with E-state index in [9.17, 15) is 9.59 Å². The van der Waals surface area contributed by atoms with Gasteiger partial charge < -0.3 is 9.80 Å². The molecule has 2 aromatic carbocycles. The minimum Gasteiger partial charge on any atom is -0.342 e. The first-order valence-corrected chi connectivity index (χ1v) is 9.80. The molecule has 1 fully saturated rings. The molecule has 1 aliphatic rings. The van der Waals surface area contributed by atoms with Crippen molar-refractivity contribution in [3.63, 3.8) is 0 Å². The average Bonchev–Trinajstić information content (AvgIpc) is 2.67. The quantitative estimate of drug-likeness (QED) is 0.762. The Morgan fingerprint density at radius 3 is 2.08 bits per heavy atom. The molecule has 4 nitrogen and oxygen atoms in total. The number of nitrogens with zero attached hydrogens (tertiary/aromatic N) is 2. The Labute approximate surface area is 157 Å². The number of piperazine rings is 1. The highest BCUT2D eigenvalue weighted by Crippen LogP contribution is 2.29. The molecule has 0 saturated carbocycles. The molecule has 0 bridgehead atoms. The Balaban J connectivity index is 1.98. The van der Waals surface area contributed by atoms with Gasteiger partial charge in [-0.05, 0) is 23.7 Å². The van der Waals surface area contributed by atoms with Crippen molar-refractivity contribution in [2.24, 2.45) is 0 Å². The van der Waals surface area contributed by atoms with Crippen LogP contribution in [0.2, 0.25) is 0 Å². The van der Waals surface area contributed by atoms with E-state index in [0.29, 0.717) is 19.5 Å². The normalized spacial score (nSPS) is 17.7. The monoisotopic (exact) mass is 368 g/mol. The van der Waals surface area contributed by atoms with Gasteiger partial charge in [-0.3, -0.25) is 9.59 Å². The topological polar surface area (TPSA) is 40.6 Å². The van der Waals surface area contributed by atoms with Crippen molar-refractivity contribution in [2.75, 3.05) is 26.3 Å². The number of likely N-dealkylation sites (N-methyl/N-ethyl adjacent to an activating group) is 1. The molecule has 2 unspecified atom stereocenters. The summed E-state index contributed by atoms with van der Waals surface area (Å²) in [6.45, 7) is 1.15. The van der Waals surface area contributed by atoms with Crippen molar-refractivity contribution < 1.29 is 9.59 Å². The van der Waals surface area contributed by atoms with E-state index in [0.717, 1.165) is 17.3 Å². The second kappa shape index (κ2) is 8.46. The Hall–Kier alpha value is -2.19. The van der Waals surface area contributed by atoms with Crippen LogP contribution in [0.5, 0.6) is 0 Å². The lowest BCUT2D eigenvalue weighted by molar-refractivity contribution is -0.150. The number of hydrogen-bond acceptors (Lipinski definition) is 2. The molecule has 1 heterocycles. The molecule has 2 amide bonds. The summed E-state index contributed by atoms with van der Waals surface area (Å²) in [5.74, 6) is -0.347. The Morgan fingerprint density at radius 2 is 1.58 bits per heavy atom. The third-order valence-electron chi connectivity index (χ3n) is 4.95. The van der Waals surface area contributed by atoms with Gasteiger partial charge in [0.15, 0.2) is 0 Å². The average molecular weight is 368 g/mol. The summed E-state index contributed by atoms with van der Waals surface area (Å²) in [7, 11) is 4.47. The Bertz CT molecular complexity index is 712. The first kappa shape index (κ1) is 18.6. The van der Waals surface area contributed by atoms with Gasteiger partial charge in [0, 0.05) is 20.1 Å². The van der Waals surface area contributed by atoms with Crippen LogP contribution < -0.4 is 0 Å². The molecule has 0 radical (unpaired) electrons. The van der Waals surface area contributed by atoms with Gasteiger partial charge in [0.1, 0.15) is 6.04 Å². The van der Waals surface area contributed by atoms with E-state index in [4.69, 9.17) is 0 Å². The molecule has 26 heavy (non-hydrogen) atoms. The lowest BCUT2D eigenvalue weighted by atomic mass is 9.89. The molecule has 2 aromatic rings. The van der Waals surface area contributed by atoms with Crippen LogP contribution >= 0.6 is 9.24 Å². The van der Waals surface area contributed by atoms with E-state index in [1.807, 2.05) is 67.7 Å². The summed E-state index contributed by atoms with van der Waals surface area (Å²) >= 11 is 0. The van der Waals surface area contributed by atoms with E-state index < -0.39 is 0 Å². The number of rotatable bonds is 5. The molecular weight excluding hydrogens is 343 g/mol. The fourth-order valence-corrected chi connectivity index (χ4v) is 3.86.